The summed E-state index contributed by atoms with van der Waals surface area (Å²) in [6.07, 6.45) is 3.68. The highest BCUT2D eigenvalue weighted by molar-refractivity contribution is 6.09. The van der Waals surface area contributed by atoms with Gasteiger partial charge in [-0.05, 0) is 58.7 Å². The number of fused-ring (bicyclic) bond motifs is 3. The minimum Gasteiger partial charge on any atom is -0.309 e. The minimum absolute atomic E-state index is 0.680. The van der Waals surface area contributed by atoms with Gasteiger partial charge >= 0.3 is 0 Å². The van der Waals surface area contributed by atoms with Gasteiger partial charge in [0.15, 0.2) is 5.82 Å². The molecule has 0 saturated heterocycles. The van der Waals surface area contributed by atoms with Gasteiger partial charge in [0, 0.05) is 45.5 Å². The normalized spacial score (nSPS) is 11.3. The molecule has 0 aliphatic heterocycles. The van der Waals surface area contributed by atoms with Crippen molar-refractivity contribution in [2.75, 3.05) is 0 Å². The zero-order valence-electron chi connectivity index (χ0n) is 26.6. The van der Waals surface area contributed by atoms with Crippen LogP contribution < -0.4 is 0 Å². The molecule has 0 radical (unpaired) electrons. The molecule has 49 heavy (non-hydrogen) atoms. The maximum Gasteiger partial charge on any atom is 0.160 e. The van der Waals surface area contributed by atoms with Crippen LogP contribution in [0, 0.1) is 0 Å². The first-order valence-electron chi connectivity index (χ1n) is 16.4. The summed E-state index contributed by atoms with van der Waals surface area (Å²) in [4.78, 5) is 14.6. The van der Waals surface area contributed by atoms with Crippen molar-refractivity contribution in [3.63, 3.8) is 0 Å². The summed E-state index contributed by atoms with van der Waals surface area (Å²) in [5, 5.41) is 2.48. The van der Waals surface area contributed by atoms with Crippen molar-refractivity contribution in [3.8, 4) is 61.8 Å². The summed E-state index contributed by atoms with van der Waals surface area (Å²) < 4.78 is 2.34. The fourth-order valence-electron chi connectivity index (χ4n) is 6.69. The van der Waals surface area contributed by atoms with Gasteiger partial charge in [0.2, 0.25) is 0 Å². The third kappa shape index (κ3) is 5.35. The molecule has 230 valence electrons. The summed E-state index contributed by atoms with van der Waals surface area (Å²) in [6, 6.07) is 59.5. The third-order valence-corrected chi connectivity index (χ3v) is 9.13. The summed E-state index contributed by atoms with van der Waals surface area (Å²) in [7, 11) is 0. The van der Waals surface area contributed by atoms with Crippen molar-refractivity contribution in [2.45, 2.75) is 0 Å². The fraction of sp³-hybridized carbons (Fsp3) is 0. The second kappa shape index (κ2) is 12.2. The van der Waals surface area contributed by atoms with Crippen molar-refractivity contribution in [1.82, 2.24) is 19.5 Å². The lowest BCUT2D eigenvalue weighted by molar-refractivity contribution is 1.16. The Morgan fingerprint density at radius 3 is 1.57 bits per heavy atom. The number of nitrogens with zero attached hydrogens (tertiary/aromatic N) is 4. The first-order chi connectivity index (χ1) is 24.3. The average molecular weight is 627 g/mol. The maximum absolute atomic E-state index is 5.18. The number of aromatic nitrogens is 4. The largest absolute Gasteiger partial charge is 0.309 e. The Morgan fingerprint density at radius 2 is 0.898 bits per heavy atom. The first-order valence-corrected chi connectivity index (χ1v) is 16.4. The molecule has 0 unspecified atom stereocenters. The summed E-state index contributed by atoms with van der Waals surface area (Å²) >= 11 is 0. The van der Waals surface area contributed by atoms with Crippen LogP contribution in [-0.2, 0) is 0 Å². The molecular formula is C45H30N4. The van der Waals surface area contributed by atoms with Crippen LogP contribution in [0.15, 0.2) is 182 Å². The van der Waals surface area contributed by atoms with Crippen LogP contribution in [0.2, 0.25) is 0 Å². The number of rotatable bonds is 6. The van der Waals surface area contributed by atoms with Crippen LogP contribution in [0.25, 0.3) is 83.6 Å². The van der Waals surface area contributed by atoms with Crippen molar-refractivity contribution in [2.24, 2.45) is 0 Å². The molecule has 0 aliphatic carbocycles. The van der Waals surface area contributed by atoms with Crippen LogP contribution in [0.5, 0.6) is 0 Å². The van der Waals surface area contributed by atoms with Gasteiger partial charge < -0.3 is 4.57 Å². The Balaban J connectivity index is 1.18. The molecule has 3 heterocycles. The third-order valence-electron chi connectivity index (χ3n) is 9.13. The topological polar surface area (TPSA) is 43.6 Å². The van der Waals surface area contributed by atoms with Crippen LogP contribution in [0.4, 0.5) is 0 Å². The molecule has 6 aromatic carbocycles. The Morgan fingerprint density at radius 1 is 0.367 bits per heavy atom. The number of para-hydroxylation sites is 2. The van der Waals surface area contributed by atoms with Crippen molar-refractivity contribution in [3.05, 3.63) is 182 Å². The predicted molar refractivity (Wildman–Crippen MR) is 201 cm³/mol. The predicted octanol–water partition coefficient (Wildman–Crippen LogP) is 11.3. The summed E-state index contributed by atoms with van der Waals surface area (Å²) in [5.41, 5.74) is 12.7. The van der Waals surface area contributed by atoms with E-state index in [1.54, 1.807) is 6.20 Å². The molecule has 0 amide bonds. The van der Waals surface area contributed by atoms with E-state index >= 15 is 0 Å². The van der Waals surface area contributed by atoms with Crippen LogP contribution in [0.1, 0.15) is 0 Å². The van der Waals surface area contributed by atoms with Gasteiger partial charge in [0.05, 0.1) is 22.4 Å². The SMILES string of the molecule is c1ccc(-c2ccc(-c3cc(-c4cccc(-n5c6ccccc6c6ccccc65)c4)nc(-c4ccc(-c5cccnc5)cc4)n3)cc2)cc1. The van der Waals surface area contributed by atoms with E-state index in [2.05, 4.69) is 167 Å². The average Bonchev–Trinajstić information content (AvgIpc) is 3.53. The van der Waals surface area contributed by atoms with Gasteiger partial charge in [-0.15, -0.1) is 0 Å². The van der Waals surface area contributed by atoms with E-state index < -0.39 is 0 Å². The standard InChI is InChI=1S/C45H30N4/c1-2-10-31(11-3-1)32-19-23-34(24-20-32)41-29-42(48-45(47-41)35-25-21-33(22-26-35)37-13-9-27-46-30-37)36-12-8-14-38(28-36)49-43-17-6-4-15-39(43)40-16-5-7-18-44(40)49/h1-30H. The van der Waals surface area contributed by atoms with E-state index in [0.29, 0.717) is 5.82 Å². The second-order valence-electron chi connectivity index (χ2n) is 12.1. The molecule has 9 aromatic rings. The highest BCUT2D eigenvalue weighted by atomic mass is 15.0. The van der Waals surface area contributed by atoms with E-state index in [1.807, 2.05) is 18.3 Å². The molecule has 4 heteroatoms. The van der Waals surface area contributed by atoms with E-state index in [4.69, 9.17) is 9.97 Å². The molecule has 0 N–H and O–H groups in total. The molecule has 3 aromatic heterocycles. The van der Waals surface area contributed by atoms with E-state index in [9.17, 15) is 0 Å². The summed E-state index contributed by atoms with van der Waals surface area (Å²) in [6.45, 7) is 0. The van der Waals surface area contributed by atoms with Gasteiger partial charge in [-0.1, -0.05) is 133 Å². The maximum atomic E-state index is 5.18. The van der Waals surface area contributed by atoms with Crippen molar-refractivity contribution < 1.29 is 0 Å². The molecule has 0 bridgehead atoms. The highest BCUT2D eigenvalue weighted by Crippen LogP contribution is 2.35. The van der Waals surface area contributed by atoms with E-state index in [0.717, 1.165) is 44.9 Å². The number of hydrogen-bond acceptors (Lipinski definition) is 3. The Bertz CT molecular complexity index is 2420. The number of hydrogen-bond donors (Lipinski definition) is 0. The molecule has 9 rings (SSSR count). The van der Waals surface area contributed by atoms with Crippen molar-refractivity contribution >= 4 is 21.8 Å². The van der Waals surface area contributed by atoms with E-state index in [-0.39, 0.29) is 0 Å². The fourth-order valence-corrected chi connectivity index (χ4v) is 6.69. The number of pyridine rings is 1. The Hall–Kier alpha value is -6.65. The van der Waals surface area contributed by atoms with Crippen LogP contribution in [-0.4, -0.2) is 19.5 Å². The Labute approximate surface area is 284 Å². The number of benzene rings is 6. The summed E-state index contributed by atoms with van der Waals surface area (Å²) in [5.74, 6) is 0.680. The van der Waals surface area contributed by atoms with Crippen molar-refractivity contribution in [1.29, 1.82) is 0 Å². The lowest BCUT2D eigenvalue weighted by atomic mass is 10.0. The first kappa shape index (κ1) is 28.6. The molecule has 0 saturated carbocycles. The molecule has 0 atom stereocenters. The monoisotopic (exact) mass is 626 g/mol. The quantitative estimate of drug-likeness (QED) is 0.184. The molecule has 0 fully saturated rings. The Kier molecular flexibility index (Phi) is 7.10. The minimum atomic E-state index is 0.680. The van der Waals surface area contributed by atoms with Gasteiger partial charge in [0.25, 0.3) is 0 Å². The van der Waals surface area contributed by atoms with Gasteiger partial charge in [-0.3, -0.25) is 4.98 Å². The smallest absolute Gasteiger partial charge is 0.160 e. The van der Waals surface area contributed by atoms with Gasteiger partial charge in [-0.25, -0.2) is 9.97 Å². The van der Waals surface area contributed by atoms with Gasteiger partial charge in [0.1, 0.15) is 0 Å². The zero-order chi connectivity index (χ0) is 32.6. The molecule has 0 aliphatic rings. The van der Waals surface area contributed by atoms with Crippen LogP contribution >= 0.6 is 0 Å². The second-order valence-corrected chi connectivity index (χ2v) is 12.1. The molecule has 4 nitrogen and oxygen atoms in total. The van der Waals surface area contributed by atoms with Gasteiger partial charge in [-0.2, -0.15) is 0 Å². The highest BCUT2D eigenvalue weighted by Gasteiger charge is 2.15. The molecular weight excluding hydrogens is 597 g/mol. The van der Waals surface area contributed by atoms with Crippen LogP contribution in [0.3, 0.4) is 0 Å². The van der Waals surface area contributed by atoms with E-state index in [1.165, 1.54) is 32.9 Å². The lowest BCUT2D eigenvalue weighted by Gasteiger charge is -2.13. The zero-order valence-corrected chi connectivity index (χ0v) is 26.6. The lowest BCUT2D eigenvalue weighted by Crippen LogP contribution is -1.98. The molecule has 0 spiro atoms.